The number of benzene rings is 1. The highest BCUT2D eigenvalue weighted by atomic mass is 16.6. The van der Waals surface area contributed by atoms with Gasteiger partial charge in [-0.2, -0.15) is 0 Å². The van der Waals surface area contributed by atoms with Crippen molar-refractivity contribution >= 4 is 11.9 Å². The Morgan fingerprint density at radius 2 is 1.80 bits per heavy atom. The second-order valence-corrected chi connectivity index (χ2v) is 9.40. The zero-order valence-corrected chi connectivity index (χ0v) is 18.7. The fraction of sp³-hybridized carbons (Fsp3) is 0.680. The molecule has 5 atom stereocenters. The number of esters is 2. The second kappa shape index (κ2) is 8.24. The molecule has 0 spiro atoms. The molecule has 3 aliphatic carbocycles. The van der Waals surface area contributed by atoms with Gasteiger partial charge in [-0.25, -0.2) is 0 Å². The van der Waals surface area contributed by atoms with Gasteiger partial charge in [-0.1, -0.05) is 20.8 Å². The average molecular weight is 415 g/mol. The van der Waals surface area contributed by atoms with E-state index in [9.17, 15) is 9.59 Å². The first kappa shape index (κ1) is 21.2. The summed E-state index contributed by atoms with van der Waals surface area (Å²) in [5.41, 5.74) is 2.73. The largest absolute Gasteiger partial charge is 0.493 e. The molecule has 0 aliphatic heterocycles. The van der Waals surface area contributed by atoms with E-state index in [1.165, 1.54) is 11.1 Å². The monoisotopic (exact) mass is 414 g/mol. The summed E-state index contributed by atoms with van der Waals surface area (Å²) in [6.07, 6.45) is 7.27. The smallest absolute Gasteiger partial charge is 0.311 e. The molecule has 0 aromatic heterocycles. The van der Waals surface area contributed by atoms with Crippen molar-refractivity contribution in [2.75, 3.05) is 7.11 Å². The van der Waals surface area contributed by atoms with E-state index in [4.69, 9.17) is 14.2 Å². The lowest BCUT2D eigenvalue weighted by molar-refractivity contribution is -0.157. The summed E-state index contributed by atoms with van der Waals surface area (Å²) in [5.74, 6) is 2.56. The van der Waals surface area contributed by atoms with Gasteiger partial charge in [0, 0.05) is 18.3 Å². The number of methoxy groups -OCH3 is 1. The maximum atomic E-state index is 12.0. The Hall–Kier alpha value is -2.04. The Kier molecular flexibility index (Phi) is 5.82. The maximum Gasteiger partial charge on any atom is 0.311 e. The summed E-state index contributed by atoms with van der Waals surface area (Å²) < 4.78 is 17.0. The molecule has 0 saturated heterocycles. The van der Waals surface area contributed by atoms with Gasteiger partial charge in [0.1, 0.15) is 6.10 Å². The van der Waals surface area contributed by atoms with Gasteiger partial charge >= 0.3 is 11.9 Å². The number of hydrogen-bond acceptors (Lipinski definition) is 5. The Morgan fingerprint density at radius 1 is 1.03 bits per heavy atom. The highest BCUT2D eigenvalue weighted by Crippen LogP contribution is 2.62. The van der Waals surface area contributed by atoms with Crippen molar-refractivity contribution in [2.24, 2.45) is 17.3 Å². The van der Waals surface area contributed by atoms with E-state index < -0.39 is 0 Å². The van der Waals surface area contributed by atoms with E-state index in [2.05, 4.69) is 13.0 Å². The highest BCUT2D eigenvalue weighted by Gasteiger charge is 2.56. The van der Waals surface area contributed by atoms with Gasteiger partial charge in [-0.15, -0.1) is 0 Å². The van der Waals surface area contributed by atoms with Crippen molar-refractivity contribution in [2.45, 2.75) is 84.2 Å². The van der Waals surface area contributed by atoms with Crippen LogP contribution in [0, 0.1) is 17.3 Å². The van der Waals surface area contributed by atoms with E-state index in [0.29, 0.717) is 42.1 Å². The van der Waals surface area contributed by atoms with Crippen molar-refractivity contribution in [3.05, 3.63) is 23.3 Å². The Labute approximate surface area is 179 Å². The van der Waals surface area contributed by atoms with Gasteiger partial charge in [0.05, 0.1) is 7.11 Å². The summed E-state index contributed by atoms with van der Waals surface area (Å²) in [6.45, 7) is 6.01. The molecule has 5 heteroatoms. The van der Waals surface area contributed by atoms with Crippen LogP contribution < -0.4 is 9.47 Å². The van der Waals surface area contributed by atoms with Crippen molar-refractivity contribution in [3.63, 3.8) is 0 Å². The predicted octanol–water partition coefficient (Wildman–Crippen LogP) is 5.19. The van der Waals surface area contributed by atoms with Crippen molar-refractivity contribution in [3.8, 4) is 11.5 Å². The Morgan fingerprint density at radius 3 is 2.50 bits per heavy atom. The Bertz CT molecular complexity index is 831. The normalized spacial score (nSPS) is 31.9. The van der Waals surface area contributed by atoms with E-state index in [-0.39, 0.29) is 23.5 Å². The van der Waals surface area contributed by atoms with Crippen LogP contribution in [0.25, 0.3) is 0 Å². The van der Waals surface area contributed by atoms with E-state index in [1.807, 2.05) is 13.0 Å². The molecule has 164 valence electrons. The lowest BCUT2D eigenvalue weighted by Gasteiger charge is -2.50. The fourth-order valence-corrected chi connectivity index (χ4v) is 6.40. The zero-order chi connectivity index (χ0) is 21.5. The van der Waals surface area contributed by atoms with Crippen LogP contribution >= 0.6 is 0 Å². The van der Waals surface area contributed by atoms with Gasteiger partial charge in [0.2, 0.25) is 0 Å². The predicted molar refractivity (Wildman–Crippen MR) is 114 cm³/mol. The fourth-order valence-electron chi connectivity index (χ4n) is 6.40. The van der Waals surface area contributed by atoms with Crippen LogP contribution in [-0.2, 0) is 20.7 Å². The van der Waals surface area contributed by atoms with Gasteiger partial charge in [-0.05, 0) is 79.5 Å². The highest BCUT2D eigenvalue weighted by molar-refractivity contribution is 5.73. The van der Waals surface area contributed by atoms with Crippen LogP contribution in [0.5, 0.6) is 11.5 Å². The molecule has 0 heterocycles. The molecule has 1 aromatic rings. The Balaban J connectivity index is 1.60. The quantitative estimate of drug-likeness (QED) is 0.490. The number of rotatable bonds is 5. The summed E-state index contributed by atoms with van der Waals surface area (Å²) in [6, 6.07) is 4.13. The number of ether oxygens (including phenoxy) is 3. The first-order chi connectivity index (χ1) is 14.4. The van der Waals surface area contributed by atoms with Gasteiger partial charge in [0.25, 0.3) is 0 Å². The van der Waals surface area contributed by atoms with Crippen LogP contribution in [0.3, 0.4) is 0 Å². The minimum Gasteiger partial charge on any atom is -0.493 e. The molecule has 5 nitrogen and oxygen atoms in total. The molecule has 4 rings (SSSR count). The van der Waals surface area contributed by atoms with E-state index in [1.54, 1.807) is 14.0 Å². The topological polar surface area (TPSA) is 61.8 Å². The molecule has 0 radical (unpaired) electrons. The minimum atomic E-state index is -0.242. The molecule has 0 amide bonds. The molecule has 0 N–H and O–H groups in total. The lowest BCUT2D eigenvalue weighted by Crippen LogP contribution is -2.45. The first-order valence-electron chi connectivity index (χ1n) is 11.5. The van der Waals surface area contributed by atoms with Crippen molar-refractivity contribution < 1.29 is 23.8 Å². The summed E-state index contributed by atoms with van der Waals surface area (Å²) in [7, 11) is 1.63. The molecule has 30 heavy (non-hydrogen) atoms. The molecule has 0 bridgehead atoms. The summed E-state index contributed by atoms with van der Waals surface area (Å²) >= 11 is 0. The van der Waals surface area contributed by atoms with Crippen LogP contribution in [0.4, 0.5) is 0 Å². The van der Waals surface area contributed by atoms with Gasteiger partial charge in [0.15, 0.2) is 11.5 Å². The van der Waals surface area contributed by atoms with Crippen LogP contribution in [0.15, 0.2) is 12.1 Å². The number of aryl methyl sites for hydroxylation is 1. The second-order valence-electron chi connectivity index (χ2n) is 9.40. The molecule has 2 fully saturated rings. The molecule has 1 aromatic carbocycles. The molecular formula is C25H34O5. The van der Waals surface area contributed by atoms with Gasteiger partial charge < -0.3 is 14.2 Å². The number of carbonyl (C=O) groups excluding carboxylic acids is 2. The summed E-state index contributed by atoms with van der Waals surface area (Å²) in [4.78, 5) is 23.8. The van der Waals surface area contributed by atoms with E-state index in [0.717, 1.165) is 38.5 Å². The third-order valence-electron chi connectivity index (χ3n) is 8.00. The molecule has 2 saturated carbocycles. The molecule has 5 unspecified atom stereocenters. The van der Waals surface area contributed by atoms with Crippen LogP contribution in [0.1, 0.15) is 82.8 Å². The van der Waals surface area contributed by atoms with E-state index >= 15 is 0 Å². The maximum absolute atomic E-state index is 12.0. The van der Waals surface area contributed by atoms with Crippen LogP contribution in [0.2, 0.25) is 0 Å². The lowest BCUT2D eigenvalue weighted by atomic mass is 9.55. The third kappa shape index (κ3) is 3.50. The van der Waals surface area contributed by atoms with Crippen molar-refractivity contribution in [1.29, 1.82) is 0 Å². The van der Waals surface area contributed by atoms with Gasteiger partial charge in [-0.3, -0.25) is 9.59 Å². The third-order valence-corrected chi connectivity index (χ3v) is 8.00. The molecular weight excluding hydrogens is 380 g/mol. The number of carbonyl (C=O) groups is 2. The van der Waals surface area contributed by atoms with Crippen LogP contribution in [-0.4, -0.2) is 25.2 Å². The number of hydrogen-bond donors (Lipinski definition) is 0. The van der Waals surface area contributed by atoms with Crippen molar-refractivity contribution in [1.82, 2.24) is 0 Å². The first-order valence-corrected chi connectivity index (χ1v) is 11.5. The molecule has 3 aliphatic rings. The number of fused-ring (bicyclic) bond motifs is 5. The standard InChI is InChI=1S/C25H34O5/c1-5-23(26)29-21-13-15-7-8-17-16(18(15)14-20(21)28-4)11-12-25(3)19(17)9-10-22(25)30-24(27)6-2/h13-14,16-17,19,22H,5-12H2,1-4H3. The summed E-state index contributed by atoms with van der Waals surface area (Å²) in [5, 5.41) is 0. The average Bonchev–Trinajstić information content (AvgIpc) is 3.08. The SMILES string of the molecule is CCC(=O)Oc1cc2c(cc1OC)C1CCC3(C)C(OC(=O)CC)CCC3C1CC2. The zero-order valence-electron chi connectivity index (χ0n) is 18.7. The minimum absolute atomic E-state index is 0.0580.